The summed E-state index contributed by atoms with van der Waals surface area (Å²) >= 11 is 0. The molecule has 0 bridgehead atoms. The maximum Gasteiger partial charge on any atom is 0.160 e. The molecule has 5 heteroatoms. The van der Waals surface area contributed by atoms with Crippen LogP contribution in [-0.2, 0) is 17.8 Å². The molecule has 1 aliphatic heterocycles. The van der Waals surface area contributed by atoms with Gasteiger partial charge in [-0.1, -0.05) is 0 Å². The summed E-state index contributed by atoms with van der Waals surface area (Å²) < 4.78 is 7.75. The summed E-state index contributed by atoms with van der Waals surface area (Å²) in [5.74, 6) is 0.884. The third-order valence-corrected chi connectivity index (χ3v) is 3.18. The van der Waals surface area contributed by atoms with Gasteiger partial charge in [-0.2, -0.15) is 0 Å². The Morgan fingerprint density at radius 3 is 3.24 bits per heavy atom. The van der Waals surface area contributed by atoms with E-state index in [4.69, 9.17) is 10.5 Å². The molecular formula is C12H16N4O. The van der Waals surface area contributed by atoms with Crippen LogP contribution in [0.3, 0.4) is 0 Å². The van der Waals surface area contributed by atoms with E-state index >= 15 is 0 Å². The zero-order valence-corrected chi connectivity index (χ0v) is 9.67. The predicted octanol–water partition coefficient (Wildman–Crippen LogP) is 1.07. The van der Waals surface area contributed by atoms with Crippen molar-refractivity contribution in [3.63, 3.8) is 0 Å². The van der Waals surface area contributed by atoms with E-state index in [2.05, 4.69) is 14.5 Å². The number of hydrogen-bond acceptors (Lipinski definition) is 4. The number of fused-ring (bicyclic) bond motifs is 1. The van der Waals surface area contributed by atoms with Crippen LogP contribution in [0.1, 0.15) is 18.7 Å². The Kier molecular flexibility index (Phi) is 2.78. The van der Waals surface area contributed by atoms with E-state index in [9.17, 15) is 0 Å². The molecule has 0 amide bonds. The van der Waals surface area contributed by atoms with E-state index in [1.807, 2.05) is 12.1 Å². The van der Waals surface area contributed by atoms with Crippen molar-refractivity contribution in [3.8, 4) is 0 Å². The molecule has 0 aromatic carbocycles. The van der Waals surface area contributed by atoms with E-state index in [0.29, 0.717) is 6.54 Å². The molecule has 0 spiro atoms. The molecule has 1 unspecified atom stereocenters. The molecule has 1 fully saturated rings. The lowest BCUT2D eigenvalue weighted by atomic mass is 10.2. The fourth-order valence-electron chi connectivity index (χ4n) is 2.35. The number of nitrogens with zero attached hydrogens (tertiary/aromatic N) is 3. The number of ether oxygens (including phenoxy) is 1. The number of nitrogens with two attached hydrogens (primary N) is 1. The third kappa shape index (κ3) is 1.92. The summed E-state index contributed by atoms with van der Waals surface area (Å²) in [6, 6.07) is 3.86. The van der Waals surface area contributed by atoms with E-state index < -0.39 is 0 Å². The summed E-state index contributed by atoms with van der Waals surface area (Å²) in [7, 11) is 0. The van der Waals surface area contributed by atoms with E-state index in [1.54, 1.807) is 6.20 Å². The third-order valence-electron chi connectivity index (χ3n) is 3.18. The van der Waals surface area contributed by atoms with Gasteiger partial charge >= 0.3 is 0 Å². The standard InChI is InChI=1S/C12H16N4O/c13-7-11-15-10-4-1-5-14-12(10)16(11)8-9-3-2-6-17-9/h1,4-5,9H,2-3,6-8,13H2. The van der Waals surface area contributed by atoms with Gasteiger partial charge in [0.2, 0.25) is 0 Å². The quantitative estimate of drug-likeness (QED) is 0.859. The fourth-order valence-corrected chi connectivity index (χ4v) is 2.35. The highest BCUT2D eigenvalue weighted by atomic mass is 16.5. The molecule has 0 radical (unpaired) electrons. The first-order valence-electron chi connectivity index (χ1n) is 6.00. The molecule has 0 saturated carbocycles. The summed E-state index contributed by atoms with van der Waals surface area (Å²) in [5.41, 5.74) is 7.55. The first kappa shape index (κ1) is 10.7. The van der Waals surface area contributed by atoms with Crippen molar-refractivity contribution < 1.29 is 4.74 Å². The molecule has 5 nitrogen and oxygen atoms in total. The van der Waals surface area contributed by atoms with Gasteiger partial charge in [0.05, 0.1) is 19.2 Å². The van der Waals surface area contributed by atoms with Crippen molar-refractivity contribution in [3.05, 3.63) is 24.2 Å². The van der Waals surface area contributed by atoms with Crippen molar-refractivity contribution in [1.29, 1.82) is 0 Å². The van der Waals surface area contributed by atoms with Gasteiger partial charge in [-0.15, -0.1) is 0 Å². The molecule has 3 rings (SSSR count). The summed E-state index contributed by atoms with van der Waals surface area (Å²) in [4.78, 5) is 8.87. The van der Waals surface area contributed by atoms with Crippen LogP contribution in [0.2, 0.25) is 0 Å². The maximum atomic E-state index is 5.74. The lowest BCUT2D eigenvalue weighted by Gasteiger charge is -2.12. The first-order chi connectivity index (χ1) is 8.38. The second-order valence-electron chi connectivity index (χ2n) is 4.32. The average Bonchev–Trinajstić information content (AvgIpc) is 2.98. The Morgan fingerprint density at radius 2 is 2.47 bits per heavy atom. The monoisotopic (exact) mass is 232 g/mol. The number of aromatic nitrogens is 3. The number of rotatable bonds is 3. The van der Waals surface area contributed by atoms with Crippen LogP contribution < -0.4 is 5.73 Å². The normalized spacial score (nSPS) is 20.2. The van der Waals surface area contributed by atoms with E-state index in [1.165, 1.54) is 0 Å². The van der Waals surface area contributed by atoms with Gasteiger partial charge in [0.25, 0.3) is 0 Å². The van der Waals surface area contributed by atoms with Crippen molar-refractivity contribution >= 4 is 11.2 Å². The minimum atomic E-state index is 0.278. The molecule has 1 aliphatic rings. The van der Waals surface area contributed by atoms with Crippen molar-refractivity contribution in [1.82, 2.24) is 14.5 Å². The van der Waals surface area contributed by atoms with Gasteiger partial charge in [-0.3, -0.25) is 0 Å². The minimum Gasteiger partial charge on any atom is -0.376 e. The SMILES string of the molecule is NCc1nc2cccnc2n1CC1CCCO1. The Morgan fingerprint density at radius 1 is 1.53 bits per heavy atom. The van der Waals surface area contributed by atoms with Crippen LogP contribution in [0.15, 0.2) is 18.3 Å². The number of imidazole rings is 1. The van der Waals surface area contributed by atoms with Crippen LogP contribution in [0.5, 0.6) is 0 Å². The van der Waals surface area contributed by atoms with Crippen LogP contribution in [0, 0.1) is 0 Å². The Hall–Kier alpha value is -1.46. The zero-order valence-electron chi connectivity index (χ0n) is 9.67. The number of pyridine rings is 1. The van der Waals surface area contributed by atoms with E-state index in [0.717, 1.165) is 43.0 Å². The molecule has 2 aromatic heterocycles. The lowest BCUT2D eigenvalue weighted by molar-refractivity contribution is 0.0971. The first-order valence-corrected chi connectivity index (χ1v) is 6.00. The molecular weight excluding hydrogens is 216 g/mol. The van der Waals surface area contributed by atoms with E-state index in [-0.39, 0.29) is 6.10 Å². The Labute approximate surface area is 99.6 Å². The Balaban J connectivity index is 1.99. The maximum absolute atomic E-state index is 5.74. The Bertz CT molecular complexity index is 516. The highest BCUT2D eigenvalue weighted by Gasteiger charge is 2.19. The van der Waals surface area contributed by atoms with Crippen molar-refractivity contribution in [2.45, 2.75) is 32.0 Å². The molecule has 1 saturated heterocycles. The topological polar surface area (TPSA) is 66.0 Å². The zero-order chi connectivity index (χ0) is 11.7. The molecule has 90 valence electrons. The highest BCUT2D eigenvalue weighted by molar-refractivity contribution is 5.71. The van der Waals surface area contributed by atoms with Gasteiger partial charge in [0, 0.05) is 12.8 Å². The summed E-state index contributed by atoms with van der Waals surface area (Å²) in [6.45, 7) is 2.10. The number of hydrogen-bond donors (Lipinski definition) is 1. The summed E-state index contributed by atoms with van der Waals surface area (Å²) in [5, 5.41) is 0. The van der Waals surface area contributed by atoms with Gasteiger partial charge in [-0.05, 0) is 25.0 Å². The molecule has 0 aliphatic carbocycles. The highest BCUT2D eigenvalue weighted by Crippen LogP contribution is 2.19. The molecule has 17 heavy (non-hydrogen) atoms. The smallest absolute Gasteiger partial charge is 0.160 e. The minimum absolute atomic E-state index is 0.278. The molecule has 3 heterocycles. The summed E-state index contributed by atoms with van der Waals surface area (Å²) in [6.07, 6.45) is 4.31. The van der Waals surface area contributed by atoms with Crippen LogP contribution in [-0.4, -0.2) is 27.2 Å². The van der Waals surface area contributed by atoms with Crippen molar-refractivity contribution in [2.75, 3.05) is 6.61 Å². The van der Waals surface area contributed by atoms with Gasteiger partial charge in [0.1, 0.15) is 11.3 Å². The second kappa shape index (κ2) is 4.43. The molecule has 1 atom stereocenters. The van der Waals surface area contributed by atoms with Gasteiger partial charge in [0.15, 0.2) is 5.65 Å². The van der Waals surface area contributed by atoms with Gasteiger partial charge < -0.3 is 15.0 Å². The van der Waals surface area contributed by atoms with Crippen LogP contribution >= 0.6 is 0 Å². The largest absolute Gasteiger partial charge is 0.376 e. The van der Waals surface area contributed by atoms with Gasteiger partial charge in [-0.25, -0.2) is 9.97 Å². The van der Waals surface area contributed by atoms with Crippen LogP contribution in [0.4, 0.5) is 0 Å². The van der Waals surface area contributed by atoms with Crippen LogP contribution in [0.25, 0.3) is 11.2 Å². The second-order valence-corrected chi connectivity index (χ2v) is 4.32. The average molecular weight is 232 g/mol. The lowest BCUT2D eigenvalue weighted by Crippen LogP contribution is -2.18. The molecule has 2 N–H and O–H groups in total. The van der Waals surface area contributed by atoms with Crippen molar-refractivity contribution in [2.24, 2.45) is 5.73 Å². The predicted molar refractivity (Wildman–Crippen MR) is 64.4 cm³/mol. The fraction of sp³-hybridized carbons (Fsp3) is 0.500. The molecule has 2 aromatic rings.